The van der Waals surface area contributed by atoms with Crippen molar-refractivity contribution in [3.05, 3.63) is 54.1 Å². The Morgan fingerprint density at radius 1 is 1.07 bits per heavy atom. The third-order valence-electron chi connectivity index (χ3n) is 5.31. The number of rotatable bonds is 6. The minimum absolute atomic E-state index is 0.0452. The summed E-state index contributed by atoms with van der Waals surface area (Å²) in [6.45, 7) is 3.38. The lowest BCUT2D eigenvalue weighted by molar-refractivity contribution is 0.0620. The Hall–Kier alpha value is -1.47. The molecular weight excluding hydrogens is 376 g/mol. The van der Waals surface area contributed by atoms with Crippen molar-refractivity contribution in [3.8, 4) is 0 Å². The topological polar surface area (TPSA) is 41.6 Å². The smallest absolute Gasteiger partial charge is 0.251 e. The Morgan fingerprint density at radius 3 is 2.48 bits per heavy atom. The highest BCUT2D eigenvalue weighted by Gasteiger charge is 2.34. The normalized spacial score (nSPS) is 24.0. The molecular formula is C21H24N2O2S2. The minimum atomic E-state index is 0.0452. The minimum Gasteiger partial charge on any atom is -0.348 e. The molecule has 2 aromatic rings. The van der Waals surface area contributed by atoms with E-state index < -0.39 is 0 Å². The van der Waals surface area contributed by atoms with Crippen molar-refractivity contribution in [1.82, 2.24) is 10.2 Å². The molecule has 1 N–H and O–H groups in total. The molecule has 0 saturated carbocycles. The van der Waals surface area contributed by atoms with Gasteiger partial charge in [0.1, 0.15) is 0 Å². The van der Waals surface area contributed by atoms with E-state index in [1.165, 1.54) is 38.0 Å². The van der Waals surface area contributed by atoms with E-state index in [1.54, 1.807) is 18.9 Å². The van der Waals surface area contributed by atoms with E-state index in [4.69, 9.17) is 4.18 Å². The molecule has 6 heteroatoms. The first-order chi connectivity index (χ1) is 13.2. The largest absolute Gasteiger partial charge is 0.348 e. The molecule has 27 heavy (non-hydrogen) atoms. The van der Waals surface area contributed by atoms with Crippen LogP contribution in [0.1, 0.15) is 23.2 Å². The van der Waals surface area contributed by atoms with Gasteiger partial charge in [0.15, 0.2) is 0 Å². The third-order valence-corrected chi connectivity index (χ3v) is 6.92. The molecule has 0 unspecified atom stereocenters. The average Bonchev–Trinajstić information content (AvgIpc) is 2.70. The summed E-state index contributed by atoms with van der Waals surface area (Å²) in [7, 11) is 1.67. The fourth-order valence-electron chi connectivity index (χ4n) is 3.88. The Balaban J connectivity index is 1.37. The van der Waals surface area contributed by atoms with Gasteiger partial charge < -0.3 is 14.4 Å². The number of fused-ring (bicyclic) bond motifs is 3. The molecule has 0 aromatic heterocycles. The summed E-state index contributed by atoms with van der Waals surface area (Å²) in [5.41, 5.74) is 0.736. The van der Waals surface area contributed by atoms with Gasteiger partial charge in [-0.3, -0.25) is 4.79 Å². The lowest BCUT2D eigenvalue weighted by Gasteiger charge is -2.44. The number of nitrogens with zero attached hydrogens (tertiary/aromatic N) is 1. The highest BCUT2D eigenvalue weighted by molar-refractivity contribution is 7.99. The van der Waals surface area contributed by atoms with E-state index in [1.807, 2.05) is 36.4 Å². The van der Waals surface area contributed by atoms with Gasteiger partial charge in [0.05, 0.1) is 7.11 Å². The molecule has 3 fully saturated rings. The van der Waals surface area contributed by atoms with Crippen LogP contribution in [-0.2, 0) is 4.18 Å². The Morgan fingerprint density at radius 2 is 1.81 bits per heavy atom. The van der Waals surface area contributed by atoms with Crippen molar-refractivity contribution >= 4 is 29.7 Å². The summed E-state index contributed by atoms with van der Waals surface area (Å²) >= 11 is 3.04. The van der Waals surface area contributed by atoms with E-state index in [0.717, 1.165) is 26.8 Å². The van der Waals surface area contributed by atoms with Gasteiger partial charge in [-0.15, -0.1) is 0 Å². The number of amides is 1. The van der Waals surface area contributed by atoms with Crippen LogP contribution in [-0.4, -0.2) is 43.6 Å². The summed E-state index contributed by atoms with van der Waals surface area (Å²) < 4.78 is 5.12. The molecule has 1 amide bonds. The molecule has 3 aliphatic rings. The van der Waals surface area contributed by atoms with Gasteiger partial charge in [0.2, 0.25) is 0 Å². The molecule has 5 rings (SSSR count). The molecule has 4 nitrogen and oxygen atoms in total. The van der Waals surface area contributed by atoms with Gasteiger partial charge >= 0.3 is 0 Å². The fourth-order valence-corrected chi connectivity index (χ4v) is 5.33. The first kappa shape index (κ1) is 18.9. The molecule has 0 aliphatic carbocycles. The Kier molecular flexibility index (Phi) is 6.08. The second-order valence-corrected chi connectivity index (χ2v) is 9.19. The van der Waals surface area contributed by atoms with Crippen LogP contribution in [0, 0.1) is 5.92 Å². The van der Waals surface area contributed by atoms with Crippen molar-refractivity contribution in [2.75, 3.05) is 26.7 Å². The van der Waals surface area contributed by atoms with Crippen LogP contribution in [0.5, 0.6) is 0 Å². The van der Waals surface area contributed by atoms with E-state index in [2.05, 4.69) is 22.3 Å². The summed E-state index contributed by atoms with van der Waals surface area (Å²) in [5, 5.41) is 3.25. The molecule has 0 radical (unpaired) electrons. The molecule has 2 aromatic carbocycles. The highest BCUT2D eigenvalue weighted by Crippen LogP contribution is 2.31. The van der Waals surface area contributed by atoms with Crippen molar-refractivity contribution in [1.29, 1.82) is 0 Å². The van der Waals surface area contributed by atoms with Crippen molar-refractivity contribution in [3.63, 3.8) is 0 Å². The maximum absolute atomic E-state index is 12.6. The average molecular weight is 401 g/mol. The lowest BCUT2D eigenvalue weighted by Crippen LogP contribution is -2.57. The van der Waals surface area contributed by atoms with Crippen molar-refractivity contribution in [2.45, 2.75) is 33.6 Å². The van der Waals surface area contributed by atoms with Gasteiger partial charge in [-0.2, -0.15) is 0 Å². The second-order valence-electron chi connectivity index (χ2n) is 7.07. The van der Waals surface area contributed by atoms with Crippen LogP contribution in [0.15, 0.2) is 63.2 Å². The zero-order valence-electron chi connectivity index (χ0n) is 15.4. The summed E-state index contributed by atoms with van der Waals surface area (Å²) in [4.78, 5) is 18.4. The number of benzene rings is 2. The predicted octanol–water partition coefficient (Wildman–Crippen LogP) is 4.32. The number of hydrogen-bond acceptors (Lipinski definition) is 5. The maximum Gasteiger partial charge on any atom is 0.251 e. The summed E-state index contributed by atoms with van der Waals surface area (Å²) in [6.07, 6.45) is 2.42. The van der Waals surface area contributed by atoms with Crippen molar-refractivity contribution in [2.24, 2.45) is 5.92 Å². The van der Waals surface area contributed by atoms with Gasteiger partial charge in [-0.05, 0) is 74.3 Å². The molecule has 3 heterocycles. The van der Waals surface area contributed by atoms with Crippen LogP contribution in [0.3, 0.4) is 0 Å². The zero-order chi connectivity index (χ0) is 18.6. The van der Waals surface area contributed by atoms with Gasteiger partial charge in [-0.1, -0.05) is 17.8 Å². The zero-order valence-corrected chi connectivity index (χ0v) is 17.0. The van der Waals surface area contributed by atoms with Crippen LogP contribution in [0.25, 0.3) is 0 Å². The van der Waals surface area contributed by atoms with Crippen LogP contribution in [0.2, 0.25) is 0 Å². The Bertz CT molecular complexity index is 789. The number of piperidine rings is 3. The van der Waals surface area contributed by atoms with Gasteiger partial charge in [0, 0.05) is 44.9 Å². The first-order valence-corrected chi connectivity index (χ1v) is 10.9. The molecule has 0 spiro atoms. The molecule has 2 bridgehead atoms. The summed E-state index contributed by atoms with van der Waals surface area (Å²) in [5.74, 6) is 0.690. The molecule has 1 atom stereocenters. The fraction of sp³-hybridized carbons (Fsp3) is 0.381. The van der Waals surface area contributed by atoms with E-state index >= 15 is 0 Å². The maximum atomic E-state index is 12.6. The number of carbonyl (C=O) groups is 1. The van der Waals surface area contributed by atoms with Gasteiger partial charge in [0.25, 0.3) is 5.91 Å². The van der Waals surface area contributed by atoms with Crippen LogP contribution >= 0.6 is 23.8 Å². The standard InChI is InChI=1S/C21H24N2O2S2/c1-25-27-19-4-2-3-18(13-19)26-17-7-5-16(6-8-17)21(24)22-20-14-23-11-9-15(20)10-12-23/h2-8,13,15,20H,9-12,14H2,1H3,(H,22,24)/t20-/m0/s1. The molecule has 3 aliphatic heterocycles. The highest BCUT2D eigenvalue weighted by atomic mass is 32.2. The first-order valence-electron chi connectivity index (χ1n) is 9.33. The van der Waals surface area contributed by atoms with Crippen LogP contribution in [0.4, 0.5) is 0 Å². The monoisotopic (exact) mass is 400 g/mol. The van der Waals surface area contributed by atoms with E-state index in [9.17, 15) is 4.79 Å². The number of nitrogens with one attached hydrogen (secondary N) is 1. The van der Waals surface area contributed by atoms with E-state index in [0.29, 0.717) is 12.0 Å². The number of carbonyl (C=O) groups excluding carboxylic acids is 1. The molecule has 3 saturated heterocycles. The predicted molar refractivity (Wildman–Crippen MR) is 110 cm³/mol. The molecule has 142 valence electrons. The second kappa shape index (κ2) is 8.69. The van der Waals surface area contributed by atoms with Gasteiger partial charge in [-0.25, -0.2) is 0 Å². The SMILES string of the molecule is COSc1cccc(Sc2ccc(C(=O)N[C@H]3CN4CCC3CC4)cc2)c1. The quantitative estimate of drug-likeness (QED) is 0.732. The lowest BCUT2D eigenvalue weighted by atomic mass is 9.84. The van der Waals surface area contributed by atoms with Crippen molar-refractivity contribution < 1.29 is 8.98 Å². The Labute approximate surface area is 169 Å². The summed E-state index contributed by atoms with van der Waals surface area (Å²) in [6, 6.07) is 16.4. The third kappa shape index (κ3) is 4.69. The van der Waals surface area contributed by atoms with E-state index in [-0.39, 0.29) is 5.91 Å². The van der Waals surface area contributed by atoms with Crippen LogP contribution < -0.4 is 5.32 Å². The number of hydrogen-bond donors (Lipinski definition) is 1.